The van der Waals surface area contributed by atoms with Crippen molar-refractivity contribution in [1.82, 2.24) is 0 Å². The van der Waals surface area contributed by atoms with E-state index in [1.54, 1.807) is 30.3 Å². The molecule has 0 aliphatic carbocycles. The van der Waals surface area contributed by atoms with E-state index in [1.807, 2.05) is 14.1 Å². The highest BCUT2D eigenvalue weighted by molar-refractivity contribution is 7.54. The standard InChI is InChI=1S/C13H18Cl2NO3P/c1-16(2)13(20(17,18-3)19-4)9-12(15)10-5-7-11(14)8-6-10/h5-9,13H,1-4H3/p+1. The highest BCUT2D eigenvalue weighted by Crippen LogP contribution is 2.50. The first kappa shape index (κ1) is 17.7. The van der Waals surface area contributed by atoms with E-state index in [0.717, 1.165) is 10.5 Å². The van der Waals surface area contributed by atoms with Crippen molar-refractivity contribution < 1.29 is 18.5 Å². The molecule has 0 saturated heterocycles. The van der Waals surface area contributed by atoms with Crippen molar-refractivity contribution in [3.8, 4) is 0 Å². The molecule has 0 fully saturated rings. The molecule has 0 heterocycles. The van der Waals surface area contributed by atoms with Crippen molar-refractivity contribution in [2.45, 2.75) is 5.78 Å². The lowest BCUT2D eigenvalue weighted by atomic mass is 10.2. The number of hydrogen-bond acceptors (Lipinski definition) is 3. The van der Waals surface area contributed by atoms with Gasteiger partial charge in [-0.05, 0) is 17.7 Å². The maximum absolute atomic E-state index is 12.5. The molecule has 0 aromatic heterocycles. The second-order valence-electron chi connectivity index (χ2n) is 4.45. The average molecular weight is 339 g/mol. The normalized spacial score (nSPS) is 14.7. The number of hydrogen-bond donors (Lipinski definition) is 1. The Labute approximate surface area is 129 Å². The molecule has 1 N–H and O–H groups in total. The van der Waals surface area contributed by atoms with Crippen LogP contribution in [0.5, 0.6) is 0 Å². The summed E-state index contributed by atoms with van der Waals surface area (Å²) in [6.45, 7) is 0. The molecule has 4 nitrogen and oxygen atoms in total. The molecule has 0 aliphatic heterocycles. The van der Waals surface area contributed by atoms with Gasteiger partial charge in [-0.1, -0.05) is 35.3 Å². The Balaban J connectivity index is 3.14. The Hall–Kier alpha value is -0.350. The van der Waals surface area contributed by atoms with Gasteiger partial charge in [0.2, 0.25) is 5.78 Å². The molecule has 1 atom stereocenters. The summed E-state index contributed by atoms with van der Waals surface area (Å²) in [5, 5.41) is 1.11. The van der Waals surface area contributed by atoms with Crippen LogP contribution in [0.15, 0.2) is 30.3 Å². The molecule has 20 heavy (non-hydrogen) atoms. The number of benzene rings is 1. The number of quaternary nitrogens is 1. The van der Waals surface area contributed by atoms with Gasteiger partial charge in [-0.2, -0.15) is 0 Å². The third-order valence-corrected chi connectivity index (χ3v) is 5.83. The van der Waals surface area contributed by atoms with Gasteiger partial charge in [0.1, 0.15) is 0 Å². The molecule has 1 unspecified atom stereocenters. The summed E-state index contributed by atoms with van der Waals surface area (Å²) < 4.78 is 22.6. The van der Waals surface area contributed by atoms with E-state index in [-0.39, 0.29) is 0 Å². The molecular formula is C13H19Cl2NO3P+. The van der Waals surface area contributed by atoms with Crippen molar-refractivity contribution in [2.75, 3.05) is 28.3 Å². The molecule has 0 radical (unpaired) electrons. The number of likely N-dealkylation sites (N-methyl/N-ethyl adjacent to an activating group) is 1. The fourth-order valence-corrected chi connectivity index (χ4v) is 3.75. The molecule has 0 aliphatic rings. The summed E-state index contributed by atoms with van der Waals surface area (Å²) in [7, 11) is 3.19. The zero-order valence-electron chi connectivity index (χ0n) is 11.9. The highest BCUT2D eigenvalue weighted by Gasteiger charge is 2.38. The van der Waals surface area contributed by atoms with E-state index >= 15 is 0 Å². The Morgan fingerprint density at radius 3 is 2.15 bits per heavy atom. The van der Waals surface area contributed by atoms with Crippen LogP contribution in [0, 0.1) is 0 Å². The predicted molar refractivity (Wildman–Crippen MR) is 83.5 cm³/mol. The van der Waals surface area contributed by atoms with Crippen LogP contribution in [-0.4, -0.2) is 34.1 Å². The van der Waals surface area contributed by atoms with Crippen LogP contribution in [0.25, 0.3) is 5.03 Å². The van der Waals surface area contributed by atoms with E-state index in [2.05, 4.69) is 0 Å². The van der Waals surface area contributed by atoms with Gasteiger partial charge < -0.3 is 13.9 Å². The fraction of sp³-hybridized carbons (Fsp3) is 0.385. The van der Waals surface area contributed by atoms with Crippen LogP contribution in [0.3, 0.4) is 0 Å². The third kappa shape index (κ3) is 4.32. The summed E-state index contributed by atoms with van der Waals surface area (Å²) in [6.07, 6.45) is 1.69. The van der Waals surface area contributed by atoms with Crippen molar-refractivity contribution in [2.24, 2.45) is 0 Å². The van der Waals surface area contributed by atoms with Gasteiger partial charge in [0.15, 0.2) is 0 Å². The van der Waals surface area contributed by atoms with Crippen molar-refractivity contribution in [3.63, 3.8) is 0 Å². The summed E-state index contributed by atoms with van der Waals surface area (Å²) in [6, 6.07) is 7.09. The van der Waals surface area contributed by atoms with Crippen LogP contribution in [0.1, 0.15) is 5.56 Å². The minimum atomic E-state index is -3.26. The van der Waals surface area contributed by atoms with Crippen LogP contribution >= 0.6 is 30.8 Å². The predicted octanol–water partition coefficient (Wildman–Crippen LogP) is 2.88. The fourth-order valence-electron chi connectivity index (χ4n) is 1.72. The zero-order chi connectivity index (χ0) is 15.3. The molecule has 1 rings (SSSR count). The van der Waals surface area contributed by atoms with Crippen LogP contribution in [-0.2, 0) is 13.6 Å². The van der Waals surface area contributed by atoms with Crippen molar-refractivity contribution in [3.05, 3.63) is 40.9 Å². The quantitative estimate of drug-likeness (QED) is 0.811. The lowest BCUT2D eigenvalue weighted by Crippen LogP contribution is -3.09. The van der Waals surface area contributed by atoms with E-state index < -0.39 is 13.4 Å². The van der Waals surface area contributed by atoms with Gasteiger partial charge in [-0.15, -0.1) is 0 Å². The molecule has 7 heteroatoms. The molecule has 1 aromatic carbocycles. The van der Waals surface area contributed by atoms with Crippen molar-refractivity contribution >= 4 is 35.8 Å². The second-order valence-corrected chi connectivity index (χ2v) is 7.66. The maximum atomic E-state index is 12.5. The third-order valence-electron chi connectivity index (χ3n) is 2.87. The smallest absolute Gasteiger partial charge is 0.324 e. The minimum Gasteiger partial charge on any atom is -0.324 e. The Morgan fingerprint density at radius 2 is 1.75 bits per heavy atom. The summed E-state index contributed by atoms with van der Waals surface area (Å²) >= 11 is 12.1. The Kier molecular flexibility index (Phi) is 6.73. The number of rotatable bonds is 6. The largest absolute Gasteiger partial charge is 0.391 e. The van der Waals surface area contributed by atoms with Gasteiger partial charge in [-0.3, -0.25) is 4.57 Å². The molecule has 0 saturated carbocycles. The first-order valence-electron chi connectivity index (χ1n) is 5.98. The molecule has 1 aromatic rings. The van der Waals surface area contributed by atoms with Gasteiger partial charge >= 0.3 is 7.60 Å². The summed E-state index contributed by atoms with van der Waals surface area (Å²) in [4.78, 5) is 0.893. The van der Waals surface area contributed by atoms with Gasteiger partial charge in [-0.25, -0.2) is 0 Å². The SMILES string of the molecule is COP(=O)(OC)C(C=C(Cl)c1ccc(Cl)cc1)[NH+](C)C. The maximum Gasteiger partial charge on any atom is 0.391 e. The van der Waals surface area contributed by atoms with E-state index in [4.69, 9.17) is 32.2 Å². The van der Waals surface area contributed by atoms with Gasteiger partial charge in [0, 0.05) is 25.3 Å². The molecule has 112 valence electrons. The van der Waals surface area contributed by atoms with Gasteiger partial charge in [0.25, 0.3) is 0 Å². The molecule has 0 amide bonds. The van der Waals surface area contributed by atoms with Crippen LogP contribution < -0.4 is 4.90 Å². The lowest BCUT2D eigenvalue weighted by Gasteiger charge is -2.24. The van der Waals surface area contributed by atoms with Crippen molar-refractivity contribution in [1.29, 1.82) is 0 Å². The first-order valence-corrected chi connectivity index (χ1v) is 8.35. The number of nitrogens with one attached hydrogen (secondary N) is 1. The minimum absolute atomic E-state index is 0.474. The van der Waals surface area contributed by atoms with E-state index in [9.17, 15) is 4.57 Å². The molecule has 0 bridgehead atoms. The van der Waals surface area contributed by atoms with Crippen LogP contribution in [0.2, 0.25) is 5.02 Å². The second kappa shape index (κ2) is 7.60. The summed E-state index contributed by atoms with van der Waals surface area (Å²) in [5.74, 6) is -0.499. The van der Waals surface area contributed by atoms with E-state index in [0.29, 0.717) is 10.1 Å². The first-order chi connectivity index (χ1) is 9.34. The average Bonchev–Trinajstić information content (AvgIpc) is 2.44. The van der Waals surface area contributed by atoms with E-state index in [1.165, 1.54) is 14.2 Å². The van der Waals surface area contributed by atoms with Crippen LogP contribution in [0.4, 0.5) is 0 Å². The number of halogens is 2. The molecule has 0 spiro atoms. The van der Waals surface area contributed by atoms with Gasteiger partial charge in [0.05, 0.1) is 19.1 Å². The highest BCUT2D eigenvalue weighted by atomic mass is 35.5. The Morgan fingerprint density at radius 1 is 1.25 bits per heavy atom. The monoisotopic (exact) mass is 338 g/mol. The molecular weight excluding hydrogens is 320 g/mol. The summed E-state index contributed by atoms with van der Waals surface area (Å²) in [5.41, 5.74) is 0.793. The lowest BCUT2D eigenvalue weighted by molar-refractivity contribution is -0.865. The topological polar surface area (TPSA) is 40.0 Å². The Bertz CT molecular complexity index is 509. The zero-order valence-corrected chi connectivity index (χ0v) is 14.3.